The van der Waals surface area contributed by atoms with Crippen LogP contribution in [0.3, 0.4) is 0 Å². The van der Waals surface area contributed by atoms with Crippen molar-refractivity contribution in [2.45, 2.75) is 38.1 Å². The Hall–Kier alpha value is -2.99. The van der Waals surface area contributed by atoms with Crippen molar-refractivity contribution in [1.29, 1.82) is 0 Å². The van der Waals surface area contributed by atoms with Gasteiger partial charge >= 0.3 is 12.2 Å². The molecule has 0 saturated carbocycles. The zero-order valence-electron chi connectivity index (χ0n) is 22.6. The van der Waals surface area contributed by atoms with E-state index in [9.17, 15) is 23.1 Å². The van der Waals surface area contributed by atoms with E-state index in [1.54, 1.807) is 4.90 Å². The van der Waals surface area contributed by atoms with Crippen LogP contribution in [-0.2, 0) is 22.3 Å². The highest BCUT2D eigenvalue weighted by Crippen LogP contribution is 2.32. The van der Waals surface area contributed by atoms with Crippen LogP contribution < -0.4 is 10.6 Å². The average molecular weight is 553 g/mol. The van der Waals surface area contributed by atoms with E-state index in [-0.39, 0.29) is 18.3 Å². The molecule has 0 radical (unpaired) electrons. The van der Waals surface area contributed by atoms with Gasteiger partial charge in [-0.3, -0.25) is 9.80 Å². The summed E-state index contributed by atoms with van der Waals surface area (Å²) < 4.78 is 45.5. The van der Waals surface area contributed by atoms with E-state index in [0.29, 0.717) is 58.8 Å². The molecule has 0 bridgehead atoms. The van der Waals surface area contributed by atoms with Crippen LogP contribution in [0, 0.1) is 6.92 Å². The quantitative estimate of drug-likeness (QED) is 0.587. The number of nitrogens with two attached hydrogens (primary N) is 1. The molecule has 0 aromatic heterocycles. The number of benzene rings is 2. The summed E-state index contributed by atoms with van der Waals surface area (Å²) in [4.78, 5) is 26.8. The Balaban J connectivity index is 0.00000127. The maximum atomic E-state index is 13.6. The predicted octanol–water partition coefficient (Wildman–Crippen LogP) is 3.69. The normalized spacial score (nSPS) is 17.3. The van der Waals surface area contributed by atoms with Crippen molar-refractivity contribution in [3.8, 4) is 0 Å². The van der Waals surface area contributed by atoms with Crippen LogP contribution in [0.5, 0.6) is 0 Å². The van der Waals surface area contributed by atoms with Crippen LogP contribution in [0.15, 0.2) is 48.5 Å². The first-order valence-corrected chi connectivity index (χ1v) is 12.8. The molecule has 0 spiro atoms. The number of aryl methyl sites for hydroxylation is 1. The Morgan fingerprint density at radius 2 is 1.64 bits per heavy atom. The number of rotatable bonds is 5. The number of urea groups is 1. The minimum Gasteiger partial charge on any atom is -0.388 e. The summed E-state index contributed by atoms with van der Waals surface area (Å²) in [5, 5.41) is 10.8. The molecule has 0 atom stereocenters. The third-order valence-electron chi connectivity index (χ3n) is 6.76. The molecule has 39 heavy (non-hydrogen) atoms. The van der Waals surface area contributed by atoms with Crippen molar-refractivity contribution < 1.29 is 32.6 Å². The number of carbonyl (C=O) groups is 2. The molecule has 4 rings (SSSR count). The number of anilines is 1. The molecule has 2 aliphatic rings. The van der Waals surface area contributed by atoms with Crippen molar-refractivity contribution in [2.75, 3.05) is 57.9 Å². The summed E-state index contributed by atoms with van der Waals surface area (Å²) in [5.41, 5.74) is 5.05. The number of ether oxygens (including phenoxy) is 1. The van der Waals surface area contributed by atoms with Gasteiger partial charge in [0, 0.05) is 64.5 Å². The Bertz CT molecular complexity index is 1020. The number of nitrogens with zero attached hydrogens (tertiary/aromatic N) is 3. The summed E-state index contributed by atoms with van der Waals surface area (Å²) in [7, 11) is 1.50. The molecule has 2 fully saturated rings. The molecular formula is C28H39F3N4O4. The van der Waals surface area contributed by atoms with E-state index in [4.69, 9.17) is 9.53 Å². The van der Waals surface area contributed by atoms with Crippen LogP contribution in [0.2, 0.25) is 0 Å². The highest BCUT2D eigenvalue weighted by Gasteiger charge is 2.35. The van der Waals surface area contributed by atoms with Crippen LogP contribution in [-0.4, -0.2) is 86.3 Å². The van der Waals surface area contributed by atoms with Gasteiger partial charge in [0.05, 0.1) is 17.7 Å². The third-order valence-corrected chi connectivity index (χ3v) is 6.76. The first-order chi connectivity index (χ1) is 18.6. The van der Waals surface area contributed by atoms with Crippen LogP contribution in [0.4, 0.5) is 23.7 Å². The standard InChI is InChI=1S/C26H32F3N3O3.CH5N.CH2O/c1-20-5-7-21(8-6-20)18-32(23-4-2-3-22(17-23)26(27,28)29)24(33)31-13-11-30(12-14-31)19-25(34)9-15-35-16-10-25;2*1-2/h2-8,17,34H,9-16,18-19H2,1H3;2H2,1H3;1H2. The molecule has 3 N–H and O–H groups in total. The number of β-amino-alcohol motifs (C(OH)–C–C–N with tert-alkyl or cyclic N) is 1. The molecule has 2 aliphatic heterocycles. The van der Waals surface area contributed by atoms with Crippen LogP contribution >= 0.6 is 0 Å². The van der Waals surface area contributed by atoms with Gasteiger partial charge in [0.15, 0.2) is 0 Å². The Morgan fingerprint density at radius 3 is 2.21 bits per heavy atom. The van der Waals surface area contributed by atoms with Crippen LogP contribution in [0.25, 0.3) is 0 Å². The smallest absolute Gasteiger partial charge is 0.388 e. The van der Waals surface area contributed by atoms with Gasteiger partial charge in [-0.1, -0.05) is 35.9 Å². The van der Waals surface area contributed by atoms with Gasteiger partial charge in [-0.25, -0.2) is 4.79 Å². The van der Waals surface area contributed by atoms with E-state index in [1.807, 2.05) is 38.0 Å². The highest BCUT2D eigenvalue weighted by atomic mass is 19.4. The van der Waals surface area contributed by atoms with Gasteiger partial charge in [0.25, 0.3) is 0 Å². The molecule has 2 amide bonds. The Labute approximate surface area is 228 Å². The molecule has 11 heteroatoms. The molecule has 0 aliphatic carbocycles. The number of aliphatic hydroxyl groups is 1. The molecule has 2 saturated heterocycles. The number of alkyl halides is 3. The number of piperazine rings is 1. The summed E-state index contributed by atoms with van der Waals surface area (Å²) in [6.45, 7) is 7.80. The summed E-state index contributed by atoms with van der Waals surface area (Å²) in [5.74, 6) is 0. The largest absolute Gasteiger partial charge is 0.416 e. The minimum atomic E-state index is -4.50. The number of amides is 2. The lowest BCUT2D eigenvalue weighted by Gasteiger charge is -2.41. The first kappa shape index (κ1) is 32.2. The van der Waals surface area contributed by atoms with Crippen molar-refractivity contribution >= 4 is 18.5 Å². The second-order valence-corrected chi connectivity index (χ2v) is 9.50. The lowest BCUT2D eigenvalue weighted by molar-refractivity contribution is -0.137. The van der Waals surface area contributed by atoms with Gasteiger partial charge < -0.3 is 25.3 Å². The summed E-state index contributed by atoms with van der Waals surface area (Å²) >= 11 is 0. The topological polar surface area (TPSA) is 99.3 Å². The van der Waals surface area contributed by atoms with E-state index >= 15 is 0 Å². The fraction of sp³-hybridized carbons (Fsp3) is 0.500. The van der Waals surface area contributed by atoms with E-state index < -0.39 is 17.3 Å². The SMILES string of the molecule is C=O.CN.Cc1ccc(CN(C(=O)N2CCN(CC3(O)CCOCC3)CC2)c2cccc(C(F)(F)F)c2)cc1. The van der Waals surface area contributed by atoms with E-state index in [2.05, 4.69) is 10.6 Å². The number of hydrogen-bond acceptors (Lipinski definition) is 6. The predicted molar refractivity (Wildman–Crippen MR) is 144 cm³/mol. The number of carbonyl (C=O) groups excluding carboxylic acids is 2. The number of halogens is 3. The number of hydrogen-bond donors (Lipinski definition) is 2. The highest BCUT2D eigenvalue weighted by molar-refractivity contribution is 5.92. The molecular weight excluding hydrogens is 513 g/mol. The minimum absolute atomic E-state index is 0.167. The Morgan fingerprint density at radius 1 is 1.05 bits per heavy atom. The van der Waals surface area contributed by atoms with Gasteiger partial charge in [-0.2, -0.15) is 13.2 Å². The zero-order valence-corrected chi connectivity index (χ0v) is 22.6. The lowest BCUT2D eigenvalue weighted by atomic mass is 9.93. The first-order valence-electron chi connectivity index (χ1n) is 12.8. The Kier molecular flexibility index (Phi) is 12.4. The van der Waals surface area contributed by atoms with E-state index in [0.717, 1.165) is 23.3 Å². The molecule has 8 nitrogen and oxygen atoms in total. The fourth-order valence-corrected chi connectivity index (χ4v) is 4.59. The fourth-order valence-electron chi connectivity index (χ4n) is 4.59. The third kappa shape index (κ3) is 9.31. The lowest BCUT2D eigenvalue weighted by Crippen LogP contribution is -2.56. The zero-order chi connectivity index (χ0) is 29.1. The maximum Gasteiger partial charge on any atom is 0.416 e. The van der Waals surface area contributed by atoms with Gasteiger partial charge in [-0.15, -0.1) is 0 Å². The second-order valence-electron chi connectivity index (χ2n) is 9.50. The molecule has 2 heterocycles. The average Bonchev–Trinajstić information content (AvgIpc) is 2.95. The molecule has 2 aromatic carbocycles. The van der Waals surface area contributed by atoms with Gasteiger partial charge in [-0.05, 0) is 37.7 Å². The van der Waals surface area contributed by atoms with Crippen molar-refractivity contribution in [2.24, 2.45) is 5.73 Å². The molecule has 216 valence electrons. The molecule has 2 aromatic rings. The summed E-state index contributed by atoms with van der Waals surface area (Å²) in [6, 6.07) is 12.2. The van der Waals surface area contributed by atoms with Crippen molar-refractivity contribution in [1.82, 2.24) is 9.80 Å². The molecule has 0 unspecified atom stereocenters. The second kappa shape index (κ2) is 15.0. The van der Waals surface area contributed by atoms with Gasteiger partial charge in [0.1, 0.15) is 6.79 Å². The van der Waals surface area contributed by atoms with Crippen molar-refractivity contribution in [3.63, 3.8) is 0 Å². The van der Waals surface area contributed by atoms with Crippen molar-refractivity contribution in [3.05, 3.63) is 65.2 Å². The monoisotopic (exact) mass is 552 g/mol. The maximum absolute atomic E-state index is 13.6. The van der Waals surface area contributed by atoms with Crippen LogP contribution in [0.1, 0.15) is 29.5 Å². The van der Waals surface area contributed by atoms with Gasteiger partial charge in [0.2, 0.25) is 0 Å². The summed E-state index contributed by atoms with van der Waals surface area (Å²) in [6.07, 6.45) is -3.32. The van der Waals surface area contributed by atoms with E-state index in [1.165, 1.54) is 24.1 Å².